The van der Waals surface area contributed by atoms with E-state index in [1.807, 2.05) is 19.9 Å². The highest BCUT2D eigenvalue weighted by atomic mass is 19.1. The lowest BCUT2D eigenvalue weighted by atomic mass is 9.96. The minimum absolute atomic E-state index is 0.146. The number of anilines is 1. The molecule has 1 fully saturated rings. The molecule has 1 aromatic carbocycles. The summed E-state index contributed by atoms with van der Waals surface area (Å²) >= 11 is 0. The molecule has 0 aliphatic carbocycles. The summed E-state index contributed by atoms with van der Waals surface area (Å²) in [6.07, 6.45) is 3.89. The zero-order chi connectivity index (χ0) is 20.4. The van der Waals surface area contributed by atoms with E-state index in [0.717, 1.165) is 78.5 Å². The molecule has 4 heteroatoms. The van der Waals surface area contributed by atoms with Crippen LogP contribution in [0.4, 0.5) is 10.1 Å². The monoisotopic (exact) mass is 381 g/mol. The number of aryl methyl sites for hydroxylation is 1. The standard InChI is InChI=1S/C24H32FN3/c1-16(2)26-14-20-12-19(6)28(15-20)24-13-23(25)22(11-18(24)5)21-7-9-27(10-8-21)17(3)4/h7,11,13,20,26H,1,3,6,8-10,12,14-15H2,2,4-5H3. The molecule has 0 aromatic heterocycles. The molecule has 28 heavy (non-hydrogen) atoms. The van der Waals surface area contributed by atoms with Gasteiger partial charge in [-0.3, -0.25) is 0 Å². The zero-order valence-electron chi connectivity index (χ0n) is 17.4. The molecule has 0 radical (unpaired) electrons. The van der Waals surface area contributed by atoms with Gasteiger partial charge in [0, 0.05) is 54.5 Å². The van der Waals surface area contributed by atoms with E-state index >= 15 is 4.39 Å². The fraction of sp³-hybridized carbons (Fsp3) is 0.417. The molecule has 0 saturated carbocycles. The van der Waals surface area contributed by atoms with Crippen LogP contribution in [0.15, 0.2) is 55.0 Å². The molecule has 3 nitrogen and oxygen atoms in total. The molecule has 1 aromatic rings. The lowest BCUT2D eigenvalue weighted by Crippen LogP contribution is -2.26. The Labute approximate surface area is 168 Å². The van der Waals surface area contributed by atoms with Gasteiger partial charge in [0.05, 0.1) is 0 Å². The second-order valence-electron chi connectivity index (χ2n) is 8.19. The molecule has 1 N–H and O–H groups in total. The van der Waals surface area contributed by atoms with Gasteiger partial charge in [0.25, 0.3) is 0 Å². The smallest absolute Gasteiger partial charge is 0.132 e. The maximum absolute atomic E-state index is 15.0. The van der Waals surface area contributed by atoms with Crippen molar-refractivity contribution in [3.8, 4) is 0 Å². The third-order valence-corrected chi connectivity index (χ3v) is 5.71. The molecule has 1 unspecified atom stereocenters. The summed E-state index contributed by atoms with van der Waals surface area (Å²) in [6, 6.07) is 3.69. The van der Waals surface area contributed by atoms with Crippen molar-refractivity contribution in [3.63, 3.8) is 0 Å². The number of benzene rings is 1. The van der Waals surface area contributed by atoms with E-state index in [9.17, 15) is 0 Å². The molecule has 0 spiro atoms. The van der Waals surface area contributed by atoms with Gasteiger partial charge in [-0.1, -0.05) is 25.8 Å². The van der Waals surface area contributed by atoms with Gasteiger partial charge in [0.2, 0.25) is 0 Å². The maximum atomic E-state index is 15.0. The summed E-state index contributed by atoms with van der Waals surface area (Å²) in [7, 11) is 0. The largest absolute Gasteiger partial charge is 0.389 e. The Morgan fingerprint density at radius 3 is 2.64 bits per heavy atom. The van der Waals surface area contributed by atoms with Crippen LogP contribution in [0.2, 0.25) is 0 Å². The van der Waals surface area contributed by atoms with Gasteiger partial charge in [0.1, 0.15) is 5.82 Å². The highest BCUT2D eigenvalue weighted by Crippen LogP contribution is 2.36. The van der Waals surface area contributed by atoms with E-state index in [-0.39, 0.29) is 5.82 Å². The van der Waals surface area contributed by atoms with Gasteiger partial charge in [-0.05, 0) is 62.8 Å². The summed E-state index contributed by atoms with van der Waals surface area (Å²) in [6.45, 7) is 21.6. The Balaban J connectivity index is 1.78. The average molecular weight is 382 g/mol. The number of rotatable bonds is 6. The number of nitrogens with zero attached hydrogens (tertiary/aromatic N) is 2. The zero-order valence-corrected chi connectivity index (χ0v) is 17.4. The lowest BCUT2D eigenvalue weighted by molar-refractivity contribution is 0.381. The molecule has 2 heterocycles. The van der Waals surface area contributed by atoms with Crippen LogP contribution in [0.3, 0.4) is 0 Å². The summed E-state index contributed by atoms with van der Waals surface area (Å²) < 4.78 is 15.0. The van der Waals surface area contributed by atoms with Gasteiger partial charge >= 0.3 is 0 Å². The Morgan fingerprint density at radius 2 is 2.04 bits per heavy atom. The first-order valence-corrected chi connectivity index (χ1v) is 10.0. The topological polar surface area (TPSA) is 18.5 Å². The summed E-state index contributed by atoms with van der Waals surface area (Å²) in [4.78, 5) is 4.39. The molecule has 0 bridgehead atoms. The van der Waals surface area contributed by atoms with Crippen molar-refractivity contribution >= 4 is 11.3 Å². The van der Waals surface area contributed by atoms with Crippen LogP contribution in [-0.2, 0) is 0 Å². The summed E-state index contributed by atoms with van der Waals surface area (Å²) in [5, 5.41) is 3.32. The van der Waals surface area contributed by atoms with Gasteiger partial charge in [-0.15, -0.1) is 0 Å². The van der Waals surface area contributed by atoms with Crippen molar-refractivity contribution < 1.29 is 4.39 Å². The van der Waals surface area contributed by atoms with Crippen molar-refractivity contribution in [1.29, 1.82) is 0 Å². The quantitative estimate of drug-likeness (QED) is 0.729. The van der Waals surface area contributed by atoms with E-state index < -0.39 is 0 Å². The fourth-order valence-electron chi connectivity index (χ4n) is 4.09. The fourth-order valence-corrected chi connectivity index (χ4v) is 4.09. The number of hydrogen-bond acceptors (Lipinski definition) is 3. The van der Waals surface area contributed by atoms with Crippen molar-refractivity contribution in [3.05, 3.63) is 72.0 Å². The minimum Gasteiger partial charge on any atom is -0.389 e. The Bertz CT molecular complexity index is 836. The molecule has 150 valence electrons. The minimum atomic E-state index is -0.146. The normalized spacial score (nSPS) is 19.6. The van der Waals surface area contributed by atoms with E-state index in [4.69, 9.17) is 0 Å². The number of allylic oxidation sites excluding steroid dienone is 3. The molecule has 1 saturated heterocycles. The Morgan fingerprint density at radius 1 is 1.29 bits per heavy atom. The molecule has 1 atom stereocenters. The van der Waals surface area contributed by atoms with Gasteiger partial charge < -0.3 is 15.1 Å². The van der Waals surface area contributed by atoms with Crippen LogP contribution in [0.1, 0.15) is 37.8 Å². The van der Waals surface area contributed by atoms with Crippen LogP contribution >= 0.6 is 0 Å². The van der Waals surface area contributed by atoms with E-state index in [0.29, 0.717) is 5.92 Å². The Hall–Kier alpha value is -2.49. The van der Waals surface area contributed by atoms with Crippen LogP contribution < -0.4 is 10.2 Å². The molecule has 2 aliphatic heterocycles. The highest BCUT2D eigenvalue weighted by molar-refractivity contribution is 5.72. The van der Waals surface area contributed by atoms with Crippen LogP contribution in [0.25, 0.3) is 5.57 Å². The highest BCUT2D eigenvalue weighted by Gasteiger charge is 2.28. The third-order valence-electron chi connectivity index (χ3n) is 5.71. The van der Waals surface area contributed by atoms with Crippen molar-refractivity contribution in [2.24, 2.45) is 5.92 Å². The first-order chi connectivity index (χ1) is 13.3. The maximum Gasteiger partial charge on any atom is 0.132 e. The third kappa shape index (κ3) is 4.32. The first-order valence-electron chi connectivity index (χ1n) is 10.0. The van der Waals surface area contributed by atoms with Crippen LogP contribution in [0.5, 0.6) is 0 Å². The SMILES string of the molecule is C=C(C)NCC1CC(=C)N(c2cc(F)c(C3=CCN(C(=C)C)CC3)cc2C)C1. The van der Waals surface area contributed by atoms with Gasteiger partial charge in [0.15, 0.2) is 0 Å². The van der Waals surface area contributed by atoms with Crippen molar-refractivity contribution in [2.75, 3.05) is 31.1 Å². The second-order valence-corrected chi connectivity index (χ2v) is 8.19. The van der Waals surface area contributed by atoms with Gasteiger partial charge in [-0.2, -0.15) is 0 Å². The molecule has 0 amide bonds. The number of nitrogens with one attached hydrogen (secondary N) is 1. The lowest BCUT2D eigenvalue weighted by Gasteiger charge is -2.29. The van der Waals surface area contributed by atoms with Crippen molar-refractivity contribution in [1.82, 2.24) is 10.2 Å². The second kappa shape index (κ2) is 8.26. The van der Waals surface area contributed by atoms with E-state index in [2.05, 4.69) is 47.9 Å². The Kier molecular flexibility index (Phi) is 5.97. The number of hydrogen-bond donors (Lipinski definition) is 1. The van der Waals surface area contributed by atoms with Crippen molar-refractivity contribution in [2.45, 2.75) is 33.6 Å². The van der Waals surface area contributed by atoms with Crippen LogP contribution in [-0.4, -0.2) is 31.1 Å². The van der Waals surface area contributed by atoms with E-state index in [1.165, 1.54) is 0 Å². The summed E-state index contributed by atoms with van der Waals surface area (Å²) in [5.41, 5.74) is 6.93. The number of halogens is 1. The molecular weight excluding hydrogens is 349 g/mol. The van der Waals surface area contributed by atoms with Crippen LogP contribution in [0, 0.1) is 18.7 Å². The summed E-state index contributed by atoms with van der Waals surface area (Å²) in [5.74, 6) is 0.312. The molecular formula is C24H32FN3. The predicted octanol–water partition coefficient (Wildman–Crippen LogP) is 5.22. The first kappa shape index (κ1) is 20.2. The molecule has 3 rings (SSSR count). The van der Waals surface area contributed by atoms with E-state index in [1.54, 1.807) is 6.07 Å². The van der Waals surface area contributed by atoms with Gasteiger partial charge in [-0.25, -0.2) is 4.39 Å². The average Bonchev–Trinajstić information content (AvgIpc) is 3.02. The molecule has 2 aliphatic rings. The predicted molar refractivity (Wildman–Crippen MR) is 118 cm³/mol.